The van der Waals surface area contributed by atoms with Crippen molar-refractivity contribution in [3.8, 4) is 0 Å². The van der Waals surface area contributed by atoms with Crippen LogP contribution in [0.1, 0.15) is 25.5 Å². The number of ether oxygens (including phenoxy) is 1. The highest BCUT2D eigenvalue weighted by atomic mass is 79.9. The first-order valence-electron chi connectivity index (χ1n) is 4.85. The first-order valence-corrected chi connectivity index (χ1v) is 5.64. The third-order valence-electron chi connectivity index (χ3n) is 2.60. The van der Waals surface area contributed by atoms with Crippen LogP contribution in [0.2, 0.25) is 0 Å². The first-order chi connectivity index (χ1) is 7.39. The van der Waals surface area contributed by atoms with E-state index in [0.717, 1.165) is 10.2 Å². The summed E-state index contributed by atoms with van der Waals surface area (Å²) in [4.78, 5) is 15.7. The lowest BCUT2D eigenvalue weighted by atomic mass is 9.81. The molecule has 16 heavy (non-hydrogen) atoms. The van der Waals surface area contributed by atoms with E-state index in [2.05, 4.69) is 20.9 Å². The van der Waals surface area contributed by atoms with Crippen LogP contribution in [0.3, 0.4) is 0 Å². The Morgan fingerprint density at radius 2 is 2.19 bits per heavy atom. The number of nitrogens with two attached hydrogens (primary N) is 1. The SMILES string of the molecule is COC(=O)C(C)(C)[C@H](N)c1ccc(Br)nc1. The van der Waals surface area contributed by atoms with Crippen molar-refractivity contribution in [3.63, 3.8) is 0 Å². The topological polar surface area (TPSA) is 65.2 Å². The summed E-state index contributed by atoms with van der Waals surface area (Å²) in [5.74, 6) is -0.331. The van der Waals surface area contributed by atoms with Crippen LogP contribution in [0, 0.1) is 5.41 Å². The van der Waals surface area contributed by atoms with Gasteiger partial charge in [0, 0.05) is 12.2 Å². The van der Waals surface area contributed by atoms with Crippen molar-refractivity contribution >= 4 is 21.9 Å². The lowest BCUT2D eigenvalue weighted by Crippen LogP contribution is -2.37. The molecular formula is C11H15BrN2O2. The number of aromatic nitrogens is 1. The van der Waals surface area contributed by atoms with Crippen molar-refractivity contribution < 1.29 is 9.53 Å². The zero-order chi connectivity index (χ0) is 12.3. The van der Waals surface area contributed by atoms with E-state index in [9.17, 15) is 4.79 Å². The highest BCUT2D eigenvalue weighted by molar-refractivity contribution is 9.10. The number of hydrogen-bond acceptors (Lipinski definition) is 4. The average Bonchev–Trinajstić information content (AvgIpc) is 2.28. The zero-order valence-electron chi connectivity index (χ0n) is 9.53. The summed E-state index contributed by atoms with van der Waals surface area (Å²) in [7, 11) is 1.36. The largest absolute Gasteiger partial charge is 0.469 e. The molecule has 2 N–H and O–H groups in total. The molecule has 0 aliphatic heterocycles. The van der Waals surface area contributed by atoms with E-state index in [-0.39, 0.29) is 5.97 Å². The van der Waals surface area contributed by atoms with Crippen molar-refractivity contribution in [1.82, 2.24) is 4.98 Å². The number of hydrogen-bond donors (Lipinski definition) is 1. The lowest BCUT2D eigenvalue weighted by Gasteiger charge is -2.28. The van der Waals surface area contributed by atoms with E-state index in [1.54, 1.807) is 26.1 Å². The molecule has 0 saturated heterocycles. The summed E-state index contributed by atoms with van der Waals surface area (Å²) < 4.78 is 5.47. The molecule has 5 heteroatoms. The number of carbonyl (C=O) groups excluding carboxylic acids is 1. The van der Waals surface area contributed by atoms with Crippen LogP contribution in [0.4, 0.5) is 0 Å². The average molecular weight is 287 g/mol. The molecule has 0 aromatic carbocycles. The van der Waals surface area contributed by atoms with E-state index in [1.165, 1.54) is 7.11 Å². The smallest absolute Gasteiger partial charge is 0.313 e. The van der Waals surface area contributed by atoms with Gasteiger partial charge in [-0.25, -0.2) is 4.98 Å². The molecule has 1 heterocycles. The van der Waals surface area contributed by atoms with Crippen LogP contribution >= 0.6 is 15.9 Å². The van der Waals surface area contributed by atoms with Gasteiger partial charge in [0.2, 0.25) is 0 Å². The second kappa shape index (κ2) is 4.93. The fourth-order valence-corrected chi connectivity index (χ4v) is 1.61. The Morgan fingerprint density at radius 3 is 2.62 bits per heavy atom. The van der Waals surface area contributed by atoms with Gasteiger partial charge in [-0.15, -0.1) is 0 Å². The summed E-state index contributed by atoms with van der Waals surface area (Å²) in [5.41, 5.74) is 6.07. The van der Waals surface area contributed by atoms with Gasteiger partial charge < -0.3 is 10.5 Å². The third-order valence-corrected chi connectivity index (χ3v) is 3.07. The number of methoxy groups -OCH3 is 1. The van der Waals surface area contributed by atoms with Crippen LogP contribution in [0.15, 0.2) is 22.9 Å². The van der Waals surface area contributed by atoms with Crippen molar-refractivity contribution in [1.29, 1.82) is 0 Å². The molecule has 0 aliphatic rings. The molecule has 0 aliphatic carbocycles. The van der Waals surface area contributed by atoms with Crippen molar-refractivity contribution in [2.45, 2.75) is 19.9 Å². The van der Waals surface area contributed by atoms with Crippen LogP contribution < -0.4 is 5.73 Å². The molecule has 0 bridgehead atoms. The quantitative estimate of drug-likeness (QED) is 0.682. The minimum absolute atomic E-state index is 0.331. The Hall–Kier alpha value is -0.940. The maximum absolute atomic E-state index is 11.6. The number of rotatable bonds is 3. The summed E-state index contributed by atoms with van der Waals surface area (Å²) in [6.07, 6.45) is 1.65. The summed E-state index contributed by atoms with van der Waals surface area (Å²) >= 11 is 3.24. The Kier molecular flexibility index (Phi) is 4.04. The predicted octanol–water partition coefficient (Wildman–Crippen LogP) is 2.04. The molecule has 0 fully saturated rings. The predicted molar refractivity (Wildman–Crippen MR) is 64.7 cm³/mol. The number of halogens is 1. The highest BCUT2D eigenvalue weighted by Gasteiger charge is 2.36. The molecular weight excluding hydrogens is 272 g/mol. The second-order valence-corrected chi connectivity index (χ2v) is 4.92. The summed E-state index contributed by atoms with van der Waals surface area (Å²) in [5, 5.41) is 0. The maximum atomic E-state index is 11.6. The van der Waals surface area contributed by atoms with Gasteiger partial charge in [-0.1, -0.05) is 6.07 Å². The molecule has 0 amide bonds. The normalized spacial score (nSPS) is 13.3. The molecule has 4 nitrogen and oxygen atoms in total. The Bertz CT molecular complexity index is 376. The molecule has 0 unspecified atom stereocenters. The molecule has 1 rings (SSSR count). The van der Waals surface area contributed by atoms with Gasteiger partial charge in [0.05, 0.1) is 12.5 Å². The van der Waals surface area contributed by atoms with E-state index in [4.69, 9.17) is 10.5 Å². The van der Waals surface area contributed by atoms with Gasteiger partial charge in [0.25, 0.3) is 0 Å². The van der Waals surface area contributed by atoms with Gasteiger partial charge >= 0.3 is 5.97 Å². The van der Waals surface area contributed by atoms with E-state index < -0.39 is 11.5 Å². The lowest BCUT2D eigenvalue weighted by molar-refractivity contribution is -0.152. The van der Waals surface area contributed by atoms with Crippen LogP contribution in [-0.4, -0.2) is 18.1 Å². The fourth-order valence-electron chi connectivity index (χ4n) is 1.38. The molecule has 0 spiro atoms. The standard InChI is InChI=1S/C11H15BrN2O2/c1-11(2,10(15)16-3)9(13)7-4-5-8(12)14-6-7/h4-6,9H,13H2,1-3H3/t9-/m1/s1. The van der Waals surface area contributed by atoms with Gasteiger partial charge in [-0.2, -0.15) is 0 Å². The molecule has 0 radical (unpaired) electrons. The van der Waals surface area contributed by atoms with Crippen LogP contribution in [-0.2, 0) is 9.53 Å². The second-order valence-electron chi connectivity index (χ2n) is 4.11. The first kappa shape index (κ1) is 13.1. The summed E-state index contributed by atoms with van der Waals surface area (Å²) in [6, 6.07) is 3.19. The number of pyridine rings is 1. The number of carbonyl (C=O) groups is 1. The molecule has 1 aromatic rings. The Morgan fingerprint density at radius 1 is 1.56 bits per heavy atom. The third kappa shape index (κ3) is 2.59. The zero-order valence-corrected chi connectivity index (χ0v) is 11.1. The van der Waals surface area contributed by atoms with Crippen molar-refractivity contribution in [2.24, 2.45) is 11.1 Å². The Labute approximate surface area is 103 Å². The van der Waals surface area contributed by atoms with Crippen LogP contribution in [0.25, 0.3) is 0 Å². The van der Waals surface area contributed by atoms with Crippen molar-refractivity contribution in [3.05, 3.63) is 28.5 Å². The molecule has 1 aromatic heterocycles. The van der Waals surface area contributed by atoms with Gasteiger partial charge in [0.15, 0.2) is 0 Å². The maximum Gasteiger partial charge on any atom is 0.313 e. The van der Waals surface area contributed by atoms with E-state index >= 15 is 0 Å². The minimum atomic E-state index is -0.774. The fraction of sp³-hybridized carbons (Fsp3) is 0.455. The molecule has 88 valence electrons. The van der Waals surface area contributed by atoms with Gasteiger partial charge in [-0.3, -0.25) is 4.79 Å². The molecule has 1 atom stereocenters. The number of esters is 1. The van der Waals surface area contributed by atoms with E-state index in [1.807, 2.05) is 6.07 Å². The van der Waals surface area contributed by atoms with Crippen LogP contribution in [0.5, 0.6) is 0 Å². The van der Waals surface area contributed by atoms with Gasteiger partial charge in [-0.05, 0) is 41.4 Å². The number of nitrogens with zero attached hydrogens (tertiary/aromatic N) is 1. The van der Waals surface area contributed by atoms with Gasteiger partial charge in [0.1, 0.15) is 4.60 Å². The summed E-state index contributed by atoms with van der Waals surface area (Å²) in [6.45, 7) is 3.51. The minimum Gasteiger partial charge on any atom is -0.469 e. The highest BCUT2D eigenvalue weighted by Crippen LogP contribution is 2.32. The Balaban J connectivity index is 2.97. The van der Waals surface area contributed by atoms with E-state index in [0.29, 0.717) is 0 Å². The monoisotopic (exact) mass is 286 g/mol. The van der Waals surface area contributed by atoms with Crippen molar-refractivity contribution in [2.75, 3.05) is 7.11 Å². The molecule has 0 saturated carbocycles.